The Kier molecular flexibility index (Phi) is 2.68. The van der Waals surface area contributed by atoms with Crippen LogP contribution in [-0.2, 0) is 6.42 Å². The predicted octanol–water partition coefficient (Wildman–Crippen LogP) is 4.11. The summed E-state index contributed by atoms with van der Waals surface area (Å²) in [7, 11) is 0. The van der Waals surface area contributed by atoms with Crippen LogP contribution in [0.2, 0.25) is 0 Å². The fraction of sp³-hybridized carbons (Fsp3) is 0.0556. The third-order valence-corrected chi connectivity index (χ3v) is 3.64. The van der Waals surface area contributed by atoms with E-state index in [0.717, 1.165) is 39.8 Å². The average molecular weight is 246 g/mol. The van der Waals surface area contributed by atoms with E-state index in [4.69, 9.17) is 0 Å². The highest BCUT2D eigenvalue weighted by Gasteiger charge is 2.23. The molecule has 0 aromatic heterocycles. The van der Waals surface area contributed by atoms with Gasteiger partial charge in [-0.2, -0.15) is 0 Å². The Morgan fingerprint density at radius 2 is 1.58 bits per heavy atom. The fourth-order valence-electron chi connectivity index (χ4n) is 2.64. The molecule has 0 N–H and O–H groups in total. The zero-order chi connectivity index (χ0) is 13.4. The summed E-state index contributed by atoms with van der Waals surface area (Å²) in [5, 5.41) is 0. The molecule has 0 bridgehead atoms. The van der Waals surface area contributed by atoms with Crippen LogP contribution in [0.25, 0.3) is 12.2 Å². The van der Waals surface area contributed by atoms with Crippen molar-refractivity contribution in [3.63, 3.8) is 0 Å². The highest BCUT2D eigenvalue weighted by Crippen LogP contribution is 2.30. The van der Waals surface area contributed by atoms with Crippen LogP contribution in [0, 0.1) is 0 Å². The van der Waals surface area contributed by atoms with E-state index in [9.17, 15) is 4.79 Å². The van der Waals surface area contributed by atoms with Crippen molar-refractivity contribution in [2.45, 2.75) is 6.42 Å². The van der Waals surface area contributed by atoms with Crippen molar-refractivity contribution >= 4 is 17.9 Å². The molecule has 0 saturated heterocycles. The lowest BCUT2D eigenvalue weighted by Gasteiger charge is -2.20. The van der Waals surface area contributed by atoms with Crippen molar-refractivity contribution in [2.75, 3.05) is 0 Å². The minimum atomic E-state index is 0.107. The molecule has 0 aliphatic heterocycles. The largest absolute Gasteiger partial charge is 0.289 e. The summed E-state index contributed by atoms with van der Waals surface area (Å²) >= 11 is 0. The van der Waals surface area contributed by atoms with Crippen molar-refractivity contribution in [3.05, 3.63) is 82.9 Å². The Morgan fingerprint density at radius 3 is 2.32 bits per heavy atom. The van der Waals surface area contributed by atoms with E-state index in [0.29, 0.717) is 0 Å². The second kappa shape index (κ2) is 4.36. The number of ketones is 1. The maximum atomic E-state index is 12.5. The van der Waals surface area contributed by atoms with Crippen molar-refractivity contribution in [2.24, 2.45) is 0 Å². The molecule has 1 aliphatic carbocycles. The van der Waals surface area contributed by atoms with Gasteiger partial charge < -0.3 is 0 Å². The number of hydrogen-bond acceptors (Lipinski definition) is 1. The molecule has 0 heterocycles. The summed E-state index contributed by atoms with van der Waals surface area (Å²) in [5.41, 5.74) is 5.77. The summed E-state index contributed by atoms with van der Waals surface area (Å²) in [6.07, 6.45) is 4.38. The zero-order valence-corrected chi connectivity index (χ0v) is 10.6. The van der Waals surface area contributed by atoms with E-state index < -0.39 is 0 Å². The maximum absolute atomic E-state index is 12.5. The molecular formula is C18H14O. The first-order chi connectivity index (χ1) is 9.24. The second-order valence-electron chi connectivity index (χ2n) is 4.71. The molecule has 92 valence electrons. The minimum absolute atomic E-state index is 0.107. The Labute approximate surface area is 112 Å². The van der Waals surface area contributed by atoms with Gasteiger partial charge in [0.1, 0.15) is 0 Å². The number of hydrogen-bond donors (Lipinski definition) is 0. The monoisotopic (exact) mass is 246 g/mol. The summed E-state index contributed by atoms with van der Waals surface area (Å²) in [4.78, 5) is 12.5. The summed E-state index contributed by atoms with van der Waals surface area (Å²) in [6.45, 7) is 7.62. The smallest absolute Gasteiger partial charge is 0.193 e. The molecule has 2 aromatic rings. The minimum Gasteiger partial charge on any atom is -0.289 e. The Bertz CT molecular complexity index is 708. The average Bonchev–Trinajstić information content (AvgIpc) is 2.46. The topological polar surface area (TPSA) is 17.1 Å². The van der Waals surface area contributed by atoms with Crippen molar-refractivity contribution in [1.82, 2.24) is 0 Å². The third kappa shape index (κ3) is 1.75. The van der Waals surface area contributed by atoms with Gasteiger partial charge in [-0.15, -0.1) is 0 Å². The zero-order valence-electron chi connectivity index (χ0n) is 10.6. The van der Waals surface area contributed by atoms with Gasteiger partial charge in [-0.25, -0.2) is 0 Å². The molecule has 1 heteroatoms. The second-order valence-corrected chi connectivity index (χ2v) is 4.71. The molecule has 19 heavy (non-hydrogen) atoms. The normalized spacial score (nSPS) is 12.5. The molecule has 0 radical (unpaired) electrons. The molecular weight excluding hydrogens is 232 g/mol. The van der Waals surface area contributed by atoms with Crippen LogP contribution < -0.4 is 0 Å². The number of carbonyl (C=O) groups excluding carboxylic acids is 1. The number of carbonyl (C=O) groups is 1. The summed E-state index contributed by atoms with van der Waals surface area (Å²) < 4.78 is 0. The van der Waals surface area contributed by atoms with Gasteiger partial charge in [0, 0.05) is 11.1 Å². The van der Waals surface area contributed by atoms with E-state index in [1.165, 1.54) is 0 Å². The first-order valence-corrected chi connectivity index (χ1v) is 6.29. The third-order valence-electron chi connectivity index (χ3n) is 3.64. The van der Waals surface area contributed by atoms with Gasteiger partial charge >= 0.3 is 0 Å². The van der Waals surface area contributed by atoms with Crippen LogP contribution in [0.15, 0.2) is 49.6 Å². The Balaban J connectivity index is 2.23. The van der Waals surface area contributed by atoms with E-state index >= 15 is 0 Å². The summed E-state index contributed by atoms with van der Waals surface area (Å²) in [6, 6.07) is 11.8. The van der Waals surface area contributed by atoms with Gasteiger partial charge in [-0.3, -0.25) is 4.79 Å². The molecule has 0 atom stereocenters. The van der Waals surface area contributed by atoms with Crippen LogP contribution in [0.4, 0.5) is 0 Å². The number of fused-ring (bicyclic) bond motifs is 2. The van der Waals surface area contributed by atoms with E-state index in [1.807, 2.05) is 42.5 Å². The van der Waals surface area contributed by atoms with Gasteiger partial charge in [-0.05, 0) is 34.7 Å². The molecule has 1 aliphatic rings. The molecule has 3 rings (SSSR count). The highest BCUT2D eigenvalue weighted by molar-refractivity contribution is 6.12. The van der Waals surface area contributed by atoms with E-state index in [2.05, 4.69) is 13.2 Å². The van der Waals surface area contributed by atoms with Crippen LogP contribution >= 0.6 is 0 Å². The van der Waals surface area contributed by atoms with Crippen molar-refractivity contribution in [1.29, 1.82) is 0 Å². The van der Waals surface area contributed by atoms with E-state index in [1.54, 1.807) is 6.08 Å². The number of benzene rings is 2. The predicted molar refractivity (Wildman–Crippen MR) is 79.3 cm³/mol. The van der Waals surface area contributed by atoms with Crippen LogP contribution in [0.5, 0.6) is 0 Å². The van der Waals surface area contributed by atoms with Gasteiger partial charge in [-0.1, -0.05) is 55.6 Å². The van der Waals surface area contributed by atoms with Gasteiger partial charge in [0.15, 0.2) is 5.78 Å². The molecule has 0 amide bonds. The van der Waals surface area contributed by atoms with Crippen molar-refractivity contribution < 1.29 is 4.79 Å². The molecule has 0 fully saturated rings. The first kappa shape index (κ1) is 11.7. The SMILES string of the molecule is C=Cc1cc2c(cc1C=C)C(=O)c1ccccc1C2. The first-order valence-electron chi connectivity index (χ1n) is 6.29. The standard InChI is InChI=1S/C18H14O/c1-3-12-9-15-10-14-7-5-6-8-16(14)18(19)17(15)11-13(12)4-2/h3-9,11H,1-2,10H2. The lowest BCUT2D eigenvalue weighted by Crippen LogP contribution is -2.15. The Morgan fingerprint density at radius 1 is 0.895 bits per heavy atom. The molecule has 0 spiro atoms. The number of rotatable bonds is 2. The molecule has 1 nitrogen and oxygen atoms in total. The maximum Gasteiger partial charge on any atom is 0.193 e. The fourth-order valence-corrected chi connectivity index (χ4v) is 2.64. The quantitative estimate of drug-likeness (QED) is 0.665. The van der Waals surface area contributed by atoms with Gasteiger partial charge in [0.25, 0.3) is 0 Å². The van der Waals surface area contributed by atoms with Gasteiger partial charge in [0.05, 0.1) is 0 Å². The van der Waals surface area contributed by atoms with Crippen LogP contribution in [0.3, 0.4) is 0 Å². The lowest BCUT2D eigenvalue weighted by molar-refractivity contribution is 0.103. The molecule has 2 aromatic carbocycles. The lowest BCUT2D eigenvalue weighted by atomic mass is 9.83. The molecule has 0 saturated carbocycles. The van der Waals surface area contributed by atoms with E-state index in [-0.39, 0.29) is 5.78 Å². The summed E-state index contributed by atoms with van der Waals surface area (Å²) in [5.74, 6) is 0.107. The molecule has 0 unspecified atom stereocenters. The van der Waals surface area contributed by atoms with Crippen molar-refractivity contribution in [3.8, 4) is 0 Å². The van der Waals surface area contributed by atoms with Crippen LogP contribution in [-0.4, -0.2) is 5.78 Å². The highest BCUT2D eigenvalue weighted by atomic mass is 16.1. The van der Waals surface area contributed by atoms with Crippen LogP contribution in [0.1, 0.15) is 38.2 Å². The Hall–Kier alpha value is -2.41. The van der Waals surface area contributed by atoms with Gasteiger partial charge in [0.2, 0.25) is 0 Å².